The first-order valence-electron chi connectivity index (χ1n) is 14.4. The topological polar surface area (TPSA) is 47.6 Å². The zero-order chi connectivity index (χ0) is 25.2. The predicted molar refractivity (Wildman–Crippen MR) is 151 cm³/mol. The molecule has 2 fully saturated rings. The lowest BCUT2D eigenvalue weighted by Crippen LogP contribution is -2.45. The second kappa shape index (κ2) is 13.8. The van der Waals surface area contributed by atoms with Crippen molar-refractivity contribution in [3.8, 4) is 0 Å². The number of anilines is 1. The number of nitrogens with one attached hydrogen (secondary N) is 2. The van der Waals surface area contributed by atoms with Gasteiger partial charge in [0.1, 0.15) is 0 Å². The highest BCUT2D eigenvalue weighted by Gasteiger charge is 2.25. The molecule has 1 saturated heterocycles. The molecule has 1 amide bonds. The Morgan fingerprint density at radius 3 is 2.19 bits per heavy atom. The third kappa shape index (κ3) is 7.10. The van der Waals surface area contributed by atoms with Crippen LogP contribution in [0.25, 0.3) is 0 Å². The average molecular weight is 491 g/mol. The molecular formula is C31H46N4O. The number of amides is 1. The second-order valence-electron chi connectivity index (χ2n) is 10.5. The van der Waals surface area contributed by atoms with Crippen LogP contribution in [0.4, 0.5) is 5.69 Å². The van der Waals surface area contributed by atoms with E-state index < -0.39 is 0 Å². The summed E-state index contributed by atoms with van der Waals surface area (Å²) in [5.74, 6) is 0.117. The van der Waals surface area contributed by atoms with Gasteiger partial charge in [-0.05, 0) is 62.1 Å². The van der Waals surface area contributed by atoms with Gasteiger partial charge in [-0.2, -0.15) is 0 Å². The van der Waals surface area contributed by atoms with Gasteiger partial charge < -0.3 is 15.5 Å². The van der Waals surface area contributed by atoms with Crippen molar-refractivity contribution in [1.82, 2.24) is 15.1 Å². The van der Waals surface area contributed by atoms with Crippen molar-refractivity contribution in [3.63, 3.8) is 0 Å². The summed E-state index contributed by atoms with van der Waals surface area (Å²) in [7, 11) is 0. The minimum Gasteiger partial charge on any atom is -0.382 e. The van der Waals surface area contributed by atoms with E-state index in [1.165, 1.54) is 68.2 Å². The van der Waals surface area contributed by atoms with Gasteiger partial charge in [-0.1, -0.05) is 62.8 Å². The van der Waals surface area contributed by atoms with E-state index in [-0.39, 0.29) is 11.9 Å². The Morgan fingerprint density at radius 1 is 0.917 bits per heavy atom. The largest absolute Gasteiger partial charge is 0.382 e. The van der Waals surface area contributed by atoms with E-state index >= 15 is 0 Å². The molecule has 1 atom stereocenters. The minimum absolute atomic E-state index is 0.117. The van der Waals surface area contributed by atoms with E-state index in [1.54, 1.807) is 0 Å². The maximum Gasteiger partial charge on any atom is 0.253 e. The van der Waals surface area contributed by atoms with E-state index in [0.29, 0.717) is 6.04 Å². The molecule has 2 N–H and O–H groups in total. The molecule has 0 radical (unpaired) electrons. The highest BCUT2D eigenvalue weighted by molar-refractivity contribution is 5.94. The normalized spacial score (nSPS) is 19.1. The van der Waals surface area contributed by atoms with Gasteiger partial charge in [0.15, 0.2) is 0 Å². The first-order chi connectivity index (χ1) is 17.7. The van der Waals surface area contributed by atoms with Gasteiger partial charge in [0.05, 0.1) is 6.04 Å². The molecule has 4 rings (SSSR count). The minimum atomic E-state index is 0.117. The molecule has 36 heavy (non-hydrogen) atoms. The van der Waals surface area contributed by atoms with Gasteiger partial charge in [0.2, 0.25) is 0 Å². The molecule has 196 valence electrons. The number of benzene rings is 2. The number of carbonyl (C=O) groups is 1. The lowest BCUT2D eigenvalue weighted by Gasteiger charge is -2.36. The fourth-order valence-electron chi connectivity index (χ4n) is 5.87. The highest BCUT2D eigenvalue weighted by atomic mass is 16.2. The monoisotopic (exact) mass is 490 g/mol. The van der Waals surface area contributed by atoms with Crippen molar-refractivity contribution in [3.05, 3.63) is 65.2 Å². The van der Waals surface area contributed by atoms with Crippen LogP contribution in [0, 0.1) is 0 Å². The van der Waals surface area contributed by atoms with E-state index in [0.717, 1.165) is 44.8 Å². The van der Waals surface area contributed by atoms with Crippen molar-refractivity contribution in [2.24, 2.45) is 0 Å². The fraction of sp³-hybridized carbons (Fsp3) is 0.581. The Bertz CT molecular complexity index is 924. The standard InChI is InChI=1S/C31H46N4O/c1-3-34(4-2)31(36)26-18-16-25(17-19-26)30(35-22-20-32-21-23-35)27-12-11-15-29(24-27)33-28-13-9-7-5-6-8-10-14-28/h11-12,15-19,24,28,30,32-33H,3-10,13-14,20-23H2,1-2H3/t30-/m1/s1. The third-order valence-electron chi connectivity index (χ3n) is 7.97. The van der Waals surface area contributed by atoms with Crippen molar-refractivity contribution in [2.45, 2.75) is 77.3 Å². The lowest BCUT2D eigenvalue weighted by molar-refractivity contribution is 0.0773. The Kier molecular flexibility index (Phi) is 10.2. The first kappa shape index (κ1) is 26.7. The van der Waals surface area contributed by atoms with Gasteiger partial charge in [-0.3, -0.25) is 9.69 Å². The summed E-state index contributed by atoms with van der Waals surface area (Å²) in [4.78, 5) is 17.3. The van der Waals surface area contributed by atoms with Crippen LogP contribution in [0.5, 0.6) is 0 Å². The second-order valence-corrected chi connectivity index (χ2v) is 10.5. The van der Waals surface area contributed by atoms with Crippen molar-refractivity contribution in [1.29, 1.82) is 0 Å². The highest BCUT2D eigenvalue weighted by Crippen LogP contribution is 2.31. The van der Waals surface area contributed by atoms with Gasteiger partial charge in [-0.25, -0.2) is 0 Å². The molecule has 5 heteroatoms. The van der Waals surface area contributed by atoms with Crippen LogP contribution in [0.2, 0.25) is 0 Å². The molecule has 1 saturated carbocycles. The SMILES string of the molecule is CCN(CC)C(=O)c1ccc([C@H](c2cccc(NC3CCCCCCCC3)c2)N2CCNCC2)cc1. The molecule has 0 unspecified atom stereocenters. The molecule has 0 spiro atoms. The van der Waals surface area contributed by atoms with Crippen LogP contribution in [0.1, 0.15) is 92.7 Å². The van der Waals surface area contributed by atoms with Crippen LogP contribution >= 0.6 is 0 Å². The maximum absolute atomic E-state index is 12.9. The van der Waals surface area contributed by atoms with E-state index in [9.17, 15) is 4.79 Å². The zero-order valence-electron chi connectivity index (χ0n) is 22.5. The van der Waals surface area contributed by atoms with Crippen molar-refractivity contribution < 1.29 is 4.79 Å². The smallest absolute Gasteiger partial charge is 0.253 e. The summed E-state index contributed by atoms with van der Waals surface area (Å²) < 4.78 is 0. The Hall–Kier alpha value is -2.37. The summed E-state index contributed by atoms with van der Waals surface area (Å²) in [5.41, 5.74) is 4.60. The Balaban J connectivity index is 1.56. The Labute approximate surface area is 218 Å². The third-order valence-corrected chi connectivity index (χ3v) is 7.97. The molecule has 2 aromatic rings. The molecule has 0 aromatic heterocycles. The number of hydrogen-bond donors (Lipinski definition) is 2. The molecule has 1 heterocycles. The van der Waals surface area contributed by atoms with Crippen molar-refractivity contribution in [2.75, 3.05) is 44.6 Å². The maximum atomic E-state index is 12.9. The quantitative estimate of drug-likeness (QED) is 0.471. The molecule has 2 aromatic carbocycles. The molecule has 2 aliphatic rings. The molecule has 0 bridgehead atoms. The van der Waals surface area contributed by atoms with E-state index in [1.807, 2.05) is 30.9 Å². The van der Waals surface area contributed by atoms with Crippen LogP contribution < -0.4 is 10.6 Å². The van der Waals surface area contributed by atoms with Crippen LogP contribution in [0.3, 0.4) is 0 Å². The fourth-order valence-corrected chi connectivity index (χ4v) is 5.87. The summed E-state index contributed by atoms with van der Waals surface area (Å²) in [6.07, 6.45) is 10.7. The first-order valence-corrected chi connectivity index (χ1v) is 14.4. The van der Waals surface area contributed by atoms with E-state index in [4.69, 9.17) is 0 Å². The number of hydrogen-bond acceptors (Lipinski definition) is 4. The molecule has 1 aliphatic heterocycles. The van der Waals surface area contributed by atoms with E-state index in [2.05, 4.69) is 51.9 Å². The Morgan fingerprint density at radius 2 is 1.56 bits per heavy atom. The zero-order valence-corrected chi connectivity index (χ0v) is 22.5. The summed E-state index contributed by atoms with van der Waals surface area (Å²) in [6.45, 7) is 9.60. The lowest BCUT2D eigenvalue weighted by atomic mass is 9.94. The van der Waals surface area contributed by atoms with Gasteiger partial charge >= 0.3 is 0 Å². The number of nitrogens with zero attached hydrogens (tertiary/aromatic N) is 2. The number of piperazine rings is 1. The molecule has 5 nitrogen and oxygen atoms in total. The summed E-state index contributed by atoms with van der Waals surface area (Å²) in [6, 6.07) is 18.2. The van der Waals surface area contributed by atoms with Crippen molar-refractivity contribution >= 4 is 11.6 Å². The van der Waals surface area contributed by atoms with Gasteiger partial charge in [0, 0.05) is 56.6 Å². The summed E-state index contributed by atoms with van der Waals surface area (Å²) in [5, 5.41) is 7.39. The van der Waals surface area contributed by atoms with Crippen LogP contribution in [-0.4, -0.2) is 61.0 Å². The summed E-state index contributed by atoms with van der Waals surface area (Å²) >= 11 is 0. The van der Waals surface area contributed by atoms with Gasteiger partial charge in [0.25, 0.3) is 5.91 Å². The predicted octanol–water partition coefficient (Wildman–Crippen LogP) is 6.08. The molecule has 1 aliphatic carbocycles. The van der Waals surface area contributed by atoms with Crippen LogP contribution in [-0.2, 0) is 0 Å². The molecular weight excluding hydrogens is 444 g/mol. The van der Waals surface area contributed by atoms with Crippen LogP contribution in [0.15, 0.2) is 48.5 Å². The average Bonchev–Trinajstić information content (AvgIpc) is 3.05. The van der Waals surface area contributed by atoms with Gasteiger partial charge in [-0.15, -0.1) is 0 Å². The number of rotatable bonds is 8. The number of carbonyl (C=O) groups excluding carboxylic acids is 1.